The Balaban J connectivity index is 2.00. The Morgan fingerprint density at radius 1 is 1.08 bits per heavy atom. The highest BCUT2D eigenvalue weighted by Crippen LogP contribution is 2.28. The number of unbranched alkanes of at least 4 members (excludes halogenated alkanes) is 2. The molecular formula is C11H22O. The van der Waals surface area contributed by atoms with Crippen LogP contribution in [0.3, 0.4) is 0 Å². The third-order valence-corrected chi connectivity index (χ3v) is 2.80. The smallest absolute Gasteiger partial charge is 0.0625 e. The van der Waals surface area contributed by atoms with Crippen LogP contribution >= 0.6 is 0 Å². The van der Waals surface area contributed by atoms with E-state index in [4.69, 9.17) is 4.74 Å². The van der Waals surface area contributed by atoms with Gasteiger partial charge in [0.2, 0.25) is 0 Å². The van der Waals surface area contributed by atoms with E-state index in [1.54, 1.807) is 0 Å². The molecule has 0 aromatic carbocycles. The molecular weight excluding hydrogens is 148 g/mol. The van der Waals surface area contributed by atoms with Crippen molar-refractivity contribution in [1.29, 1.82) is 0 Å². The summed E-state index contributed by atoms with van der Waals surface area (Å²) >= 11 is 0. The Labute approximate surface area is 76.5 Å². The lowest BCUT2D eigenvalue weighted by molar-refractivity contribution is -0.121. The molecule has 0 amide bonds. The highest BCUT2D eigenvalue weighted by molar-refractivity contribution is 4.78. The topological polar surface area (TPSA) is 9.23 Å². The fraction of sp³-hybridized carbons (Fsp3) is 1.00. The third kappa shape index (κ3) is 2.78. The van der Waals surface area contributed by atoms with Crippen molar-refractivity contribution in [2.24, 2.45) is 5.92 Å². The van der Waals surface area contributed by atoms with Gasteiger partial charge in [-0.2, -0.15) is 0 Å². The molecule has 2 unspecified atom stereocenters. The SMILES string of the molecule is CCCCCC1COC1CCC. The van der Waals surface area contributed by atoms with Gasteiger partial charge in [-0.05, 0) is 12.8 Å². The molecule has 1 aliphatic rings. The van der Waals surface area contributed by atoms with E-state index in [1.807, 2.05) is 0 Å². The van der Waals surface area contributed by atoms with Gasteiger partial charge in [0.25, 0.3) is 0 Å². The number of ether oxygens (including phenoxy) is 1. The van der Waals surface area contributed by atoms with Gasteiger partial charge in [-0.3, -0.25) is 0 Å². The molecule has 1 heteroatoms. The summed E-state index contributed by atoms with van der Waals surface area (Å²) in [5.41, 5.74) is 0. The highest BCUT2D eigenvalue weighted by Gasteiger charge is 2.29. The predicted octanol–water partition coefficient (Wildman–Crippen LogP) is 3.38. The minimum atomic E-state index is 0.617. The number of hydrogen-bond donors (Lipinski definition) is 0. The number of rotatable bonds is 6. The minimum absolute atomic E-state index is 0.617. The Morgan fingerprint density at radius 2 is 1.92 bits per heavy atom. The van der Waals surface area contributed by atoms with Crippen LogP contribution in [0.1, 0.15) is 52.4 Å². The molecule has 2 atom stereocenters. The Hall–Kier alpha value is -0.0400. The zero-order valence-corrected chi connectivity index (χ0v) is 8.51. The lowest BCUT2D eigenvalue weighted by Crippen LogP contribution is -2.39. The molecule has 0 aromatic rings. The third-order valence-electron chi connectivity index (χ3n) is 2.80. The van der Waals surface area contributed by atoms with Crippen LogP contribution in [0, 0.1) is 5.92 Å². The van der Waals surface area contributed by atoms with Crippen molar-refractivity contribution in [1.82, 2.24) is 0 Å². The molecule has 1 aliphatic heterocycles. The second-order valence-corrected chi connectivity index (χ2v) is 3.92. The summed E-state index contributed by atoms with van der Waals surface area (Å²) in [6.07, 6.45) is 8.71. The monoisotopic (exact) mass is 170 g/mol. The van der Waals surface area contributed by atoms with Gasteiger partial charge in [0.1, 0.15) is 0 Å². The van der Waals surface area contributed by atoms with E-state index >= 15 is 0 Å². The zero-order chi connectivity index (χ0) is 8.81. The summed E-state index contributed by atoms with van der Waals surface area (Å²) < 4.78 is 5.51. The van der Waals surface area contributed by atoms with Gasteiger partial charge in [0, 0.05) is 5.92 Å². The van der Waals surface area contributed by atoms with Crippen LogP contribution in [-0.2, 0) is 4.74 Å². The Morgan fingerprint density at radius 3 is 2.42 bits per heavy atom. The van der Waals surface area contributed by atoms with Gasteiger partial charge >= 0.3 is 0 Å². The molecule has 1 nitrogen and oxygen atoms in total. The van der Waals surface area contributed by atoms with Crippen molar-refractivity contribution >= 4 is 0 Å². The molecule has 0 N–H and O–H groups in total. The molecule has 1 heterocycles. The summed E-state index contributed by atoms with van der Waals surface area (Å²) in [5, 5.41) is 0. The van der Waals surface area contributed by atoms with Crippen LogP contribution in [0.5, 0.6) is 0 Å². The zero-order valence-electron chi connectivity index (χ0n) is 8.51. The molecule has 0 aliphatic carbocycles. The van der Waals surface area contributed by atoms with Gasteiger partial charge in [-0.15, -0.1) is 0 Å². The van der Waals surface area contributed by atoms with Crippen molar-refractivity contribution in [2.45, 2.75) is 58.5 Å². The Kier molecular flexibility index (Phi) is 4.67. The average Bonchev–Trinajstić information content (AvgIpc) is 2.06. The molecule has 72 valence electrons. The van der Waals surface area contributed by atoms with E-state index < -0.39 is 0 Å². The van der Waals surface area contributed by atoms with Crippen LogP contribution in [0.2, 0.25) is 0 Å². The largest absolute Gasteiger partial charge is 0.377 e. The van der Waals surface area contributed by atoms with E-state index in [0.29, 0.717) is 6.10 Å². The lowest BCUT2D eigenvalue weighted by atomic mass is 9.89. The predicted molar refractivity (Wildman–Crippen MR) is 52.3 cm³/mol. The second-order valence-electron chi connectivity index (χ2n) is 3.92. The van der Waals surface area contributed by atoms with E-state index in [0.717, 1.165) is 12.5 Å². The normalized spacial score (nSPS) is 28.5. The molecule has 0 bridgehead atoms. The molecule has 1 fully saturated rings. The summed E-state index contributed by atoms with van der Waals surface area (Å²) in [7, 11) is 0. The molecule has 0 aromatic heterocycles. The van der Waals surface area contributed by atoms with Crippen LogP contribution < -0.4 is 0 Å². The molecule has 0 saturated carbocycles. The van der Waals surface area contributed by atoms with Crippen LogP contribution in [0.4, 0.5) is 0 Å². The van der Waals surface area contributed by atoms with Gasteiger partial charge in [0.05, 0.1) is 12.7 Å². The summed E-state index contributed by atoms with van der Waals surface area (Å²) in [6.45, 7) is 5.54. The summed E-state index contributed by atoms with van der Waals surface area (Å²) in [5.74, 6) is 0.900. The van der Waals surface area contributed by atoms with E-state index in [1.165, 1.54) is 38.5 Å². The second kappa shape index (κ2) is 5.58. The average molecular weight is 170 g/mol. The molecule has 0 radical (unpaired) electrons. The van der Waals surface area contributed by atoms with Crippen molar-refractivity contribution in [2.75, 3.05) is 6.61 Å². The first-order chi connectivity index (χ1) is 5.88. The fourth-order valence-corrected chi connectivity index (χ4v) is 1.90. The molecule has 1 saturated heterocycles. The lowest BCUT2D eigenvalue weighted by Gasteiger charge is -2.37. The van der Waals surface area contributed by atoms with Gasteiger partial charge < -0.3 is 4.74 Å². The van der Waals surface area contributed by atoms with Crippen molar-refractivity contribution < 1.29 is 4.74 Å². The Bertz CT molecular complexity index is 112. The minimum Gasteiger partial charge on any atom is -0.377 e. The number of hydrogen-bond acceptors (Lipinski definition) is 1. The highest BCUT2D eigenvalue weighted by atomic mass is 16.5. The standard InChI is InChI=1S/C11H22O/c1-3-5-6-8-10-9-12-11(10)7-4-2/h10-11H,3-9H2,1-2H3. The van der Waals surface area contributed by atoms with Crippen LogP contribution in [0.15, 0.2) is 0 Å². The first-order valence-electron chi connectivity index (χ1n) is 5.50. The maximum Gasteiger partial charge on any atom is 0.0625 e. The van der Waals surface area contributed by atoms with Crippen molar-refractivity contribution in [3.63, 3.8) is 0 Å². The molecule has 12 heavy (non-hydrogen) atoms. The quantitative estimate of drug-likeness (QED) is 0.555. The maximum atomic E-state index is 5.51. The van der Waals surface area contributed by atoms with E-state index in [-0.39, 0.29) is 0 Å². The molecule has 0 spiro atoms. The van der Waals surface area contributed by atoms with Crippen LogP contribution in [0.25, 0.3) is 0 Å². The maximum absolute atomic E-state index is 5.51. The first kappa shape index (κ1) is 10.0. The van der Waals surface area contributed by atoms with Crippen molar-refractivity contribution in [3.8, 4) is 0 Å². The van der Waals surface area contributed by atoms with Crippen molar-refractivity contribution in [3.05, 3.63) is 0 Å². The van der Waals surface area contributed by atoms with E-state index in [9.17, 15) is 0 Å². The van der Waals surface area contributed by atoms with Gasteiger partial charge in [0.15, 0.2) is 0 Å². The molecule has 1 rings (SSSR count). The van der Waals surface area contributed by atoms with Gasteiger partial charge in [-0.1, -0.05) is 39.5 Å². The van der Waals surface area contributed by atoms with E-state index in [2.05, 4.69) is 13.8 Å². The van der Waals surface area contributed by atoms with Crippen LogP contribution in [-0.4, -0.2) is 12.7 Å². The summed E-state index contributed by atoms with van der Waals surface area (Å²) in [6, 6.07) is 0. The summed E-state index contributed by atoms with van der Waals surface area (Å²) in [4.78, 5) is 0. The van der Waals surface area contributed by atoms with Gasteiger partial charge in [-0.25, -0.2) is 0 Å². The first-order valence-corrected chi connectivity index (χ1v) is 5.50. The fourth-order valence-electron chi connectivity index (χ4n) is 1.90.